The Balaban J connectivity index is 1.89. The minimum atomic E-state index is -3.83. The van der Waals surface area contributed by atoms with E-state index in [-0.39, 0.29) is 23.5 Å². The molecule has 7 nitrogen and oxygen atoms in total. The van der Waals surface area contributed by atoms with Gasteiger partial charge in [0.05, 0.1) is 23.8 Å². The molecule has 5 atom stereocenters. The number of ether oxygens (including phenoxy) is 1. The molecule has 0 aromatic carbocycles. The van der Waals surface area contributed by atoms with E-state index in [2.05, 4.69) is 25.7 Å². The third-order valence-corrected chi connectivity index (χ3v) is 10.3. The first kappa shape index (κ1) is 27.7. The second-order valence-electron chi connectivity index (χ2n) is 12.3. The van der Waals surface area contributed by atoms with Crippen LogP contribution in [0.25, 0.3) is 0 Å². The lowest BCUT2D eigenvalue weighted by Crippen LogP contribution is -2.46. The number of halogens is 1. The molecular formula is C26H41FN2O5S. The average molecular weight is 513 g/mol. The molecule has 0 aromatic heterocycles. The van der Waals surface area contributed by atoms with Crippen molar-refractivity contribution < 1.29 is 27.1 Å². The van der Waals surface area contributed by atoms with Crippen molar-refractivity contribution in [3.63, 3.8) is 0 Å². The maximum absolute atomic E-state index is 15.5. The van der Waals surface area contributed by atoms with Gasteiger partial charge in [-0.2, -0.15) is 0 Å². The van der Waals surface area contributed by atoms with Crippen molar-refractivity contribution in [1.82, 2.24) is 9.62 Å². The van der Waals surface area contributed by atoms with Crippen LogP contribution in [0.1, 0.15) is 74.1 Å². The Morgan fingerprint density at radius 1 is 1.29 bits per heavy atom. The Bertz CT molecular complexity index is 1010. The van der Waals surface area contributed by atoms with Gasteiger partial charge in [-0.25, -0.2) is 21.9 Å². The molecule has 2 saturated carbocycles. The minimum absolute atomic E-state index is 0.0399. The summed E-state index contributed by atoms with van der Waals surface area (Å²) in [5.41, 5.74) is -1.37. The molecule has 1 saturated heterocycles. The molecule has 2 bridgehead atoms. The van der Waals surface area contributed by atoms with Crippen molar-refractivity contribution in [2.24, 2.45) is 28.6 Å². The standard InChI is InChI=1S/C26H41FN2O5S/c1-9-10-17(13-19(27)21(16(2)3)28-23(31)34-24(4,5)6)22(30)29-20-14-18-11-12-26(20,25(18,7)8)15-35(29,32)33/h9,13,16-18,20-21H,1,10-12,14-15H2,2-8H3,(H,28,31)/b19-13-/t17-,18-,20-,21+,26-/m1/s1. The molecule has 9 heteroatoms. The summed E-state index contributed by atoms with van der Waals surface area (Å²) in [6.45, 7) is 16.5. The second kappa shape index (κ2) is 9.20. The maximum Gasteiger partial charge on any atom is 0.408 e. The van der Waals surface area contributed by atoms with Gasteiger partial charge < -0.3 is 10.1 Å². The molecule has 1 heterocycles. The van der Waals surface area contributed by atoms with Crippen LogP contribution in [0.15, 0.2) is 24.6 Å². The third-order valence-electron chi connectivity index (χ3n) is 8.36. The smallest absolute Gasteiger partial charge is 0.408 e. The van der Waals surface area contributed by atoms with Gasteiger partial charge in [-0.3, -0.25) is 4.79 Å². The van der Waals surface area contributed by atoms with Crippen LogP contribution >= 0.6 is 0 Å². The summed E-state index contributed by atoms with van der Waals surface area (Å²) >= 11 is 0. The van der Waals surface area contributed by atoms with E-state index >= 15 is 4.39 Å². The number of amides is 2. The fourth-order valence-electron chi connectivity index (χ4n) is 6.45. The number of rotatable bonds is 7. The summed E-state index contributed by atoms with van der Waals surface area (Å²) in [6.07, 6.45) is 4.36. The van der Waals surface area contributed by atoms with Crippen molar-refractivity contribution in [2.75, 3.05) is 5.75 Å². The molecule has 2 aliphatic carbocycles. The summed E-state index contributed by atoms with van der Waals surface area (Å²) in [4.78, 5) is 26.0. The van der Waals surface area contributed by atoms with E-state index in [0.29, 0.717) is 12.3 Å². The van der Waals surface area contributed by atoms with Gasteiger partial charge in [-0.05, 0) is 69.8 Å². The van der Waals surface area contributed by atoms with Gasteiger partial charge >= 0.3 is 6.09 Å². The third kappa shape index (κ3) is 4.89. The lowest BCUT2D eigenvalue weighted by atomic mass is 9.69. The molecule has 3 fully saturated rings. The molecule has 3 aliphatic rings. The summed E-state index contributed by atoms with van der Waals surface area (Å²) in [5.74, 6) is -2.37. The van der Waals surface area contributed by atoms with Crippen molar-refractivity contribution >= 4 is 22.0 Å². The summed E-state index contributed by atoms with van der Waals surface area (Å²) in [7, 11) is -3.83. The van der Waals surface area contributed by atoms with Gasteiger partial charge in [0.1, 0.15) is 11.4 Å². The Hall–Kier alpha value is -1.90. The molecule has 35 heavy (non-hydrogen) atoms. The van der Waals surface area contributed by atoms with Crippen LogP contribution in [0.5, 0.6) is 0 Å². The fraction of sp³-hybridized carbons (Fsp3) is 0.769. The van der Waals surface area contributed by atoms with E-state index in [9.17, 15) is 18.0 Å². The first-order chi connectivity index (χ1) is 16.0. The lowest BCUT2D eigenvalue weighted by molar-refractivity contribution is -0.131. The van der Waals surface area contributed by atoms with E-state index in [1.165, 1.54) is 6.08 Å². The topological polar surface area (TPSA) is 92.8 Å². The number of hydrogen-bond donors (Lipinski definition) is 1. The number of fused-ring (bicyclic) bond motifs is 1. The zero-order valence-electron chi connectivity index (χ0n) is 22.1. The van der Waals surface area contributed by atoms with Crippen molar-refractivity contribution in [3.8, 4) is 0 Å². The van der Waals surface area contributed by atoms with Gasteiger partial charge in [0.25, 0.3) is 0 Å². The molecule has 0 radical (unpaired) electrons. The number of hydrogen-bond acceptors (Lipinski definition) is 5. The van der Waals surface area contributed by atoms with Crippen molar-refractivity contribution in [1.29, 1.82) is 0 Å². The van der Waals surface area contributed by atoms with Gasteiger partial charge in [0.2, 0.25) is 15.9 Å². The predicted molar refractivity (Wildman–Crippen MR) is 133 cm³/mol. The Labute approximate surface area is 209 Å². The van der Waals surface area contributed by atoms with E-state index in [0.717, 1.165) is 23.2 Å². The highest BCUT2D eigenvalue weighted by atomic mass is 32.2. The first-order valence-corrected chi connectivity index (χ1v) is 14.1. The van der Waals surface area contributed by atoms with Crippen molar-refractivity contribution in [3.05, 3.63) is 24.6 Å². The normalized spacial score (nSPS) is 30.7. The quantitative estimate of drug-likeness (QED) is 0.487. The molecule has 3 rings (SSSR count). The molecule has 198 valence electrons. The molecule has 0 aromatic rings. The summed E-state index contributed by atoms with van der Waals surface area (Å²) in [5, 5.41) is 2.54. The Kier molecular flexibility index (Phi) is 7.27. The fourth-order valence-corrected chi connectivity index (χ4v) is 9.03. The summed E-state index contributed by atoms with van der Waals surface area (Å²) in [6, 6.07) is -1.41. The van der Waals surface area contributed by atoms with Gasteiger partial charge in [-0.15, -0.1) is 6.58 Å². The average Bonchev–Trinajstić information content (AvgIpc) is 3.17. The van der Waals surface area contributed by atoms with Gasteiger partial charge in [0, 0.05) is 5.41 Å². The van der Waals surface area contributed by atoms with Gasteiger partial charge in [-0.1, -0.05) is 33.8 Å². The summed E-state index contributed by atoms with van der Waals surface area (Å²) < 4.78 is 48.4. The maximum atomic E-state index is 15.5. The highest BCUT2D eigenvalue weighted by Crippen LogP contribution is 2.70. The van der Waals surface area contributed by atoms with Crippen LogP contribution in [-0.4, -0.2) is 48.2 Å². The molecular weight excluding hydrogens is 471 g/mol. The van der Waals surface area contributed by atoms with Crippen LogP contribution in [0.4, 0.5) is 9.18 Å². The molecule has 0 unspecified atom stereocenters. The SMILES string of the molecule is C=CC[C@H](/C=C(\F)[C@@H](NC(=O)OC(C)(C)C)C(C)C)C(=O)N1[C@@H]2C[C@H]3CC[C@]2(CS1(=O)=O)C3(C)C. The highest BCUT2D eigenvalue weighted by Gasteiger charge is 2.72. The first-order valence-electron chi connectivity index (χ1n) is 12.5. The number of nitrogens with zero attached hydrogens (tertiary/aromatic N) is 1. The van der Waals surface area contributed by atoms with Crippen LogP contribution in [0.3, 0.4) is 0 Å². The monoisotopic (exact) mass is 512 g/mol. The number of carbonyl (C=O) groups excluding carboxylic acids is 2. The zero-order valence-corrected chi connectivity index (χ0v) is 22.9. The predicted octanol–water partition coefficient (Wildman–Crippen LogP) is 4.95. The highest BCUT2D eigenvalue weighted by molar-refractivity contribution is 7.90. The molecule has 1 aliphatic heterocycles. The number of allylic oxidation sites excluding steroid dienone is 1. The largest absolute Gasteiger partial charge is 0.444 e. The molecule has 2 amide bonds. The van der Waals surface area contributed by atoms with E-state index in [4.69, 9.17) is 4.74 Å². The van der Waals surface area contributed by atoms with E-state index < -0.39 is 56.9 Å². The molecule has 1 N–H and O–H groups in total. The number of sulfonamides is 1. The minimum Gasteiger partial charge on any atom is -0.444 e. The van der Waals surface area contributed by atoms with Crippen LogP contribution in [-0.2, 0) is 19.6 Å². The number of carbonyl (C=O) groups is 2. The van der Waals surface area contributed by atoms with Crippen LogP contribution in [0.2, 0.25) is 0 Å². The van der Waals surface area contributed by atoms with Gasteiger partial charge in [0.15, 0.2) is 0 Å². The molecule has 1 spiro atoms. The van der Waals surface area contributed by atoms with E-state index in [1.807, 2.05) is 0 Å². The zero-order chi connectivity index (χ0) is 26.6. The Morgan fingerprint density at radius 3 is 2.43 bits per heavy atom. The van der Waals surface area contributed by atoms with Crippen molar-refractivity contribution in [2.45, 2.75) is 91.8 Å². The number of nitrogens with one attached hydrogen (secondary N) is 1. The second-order valence-corrected chi connectivity index (χ2v) is 14.2. The Morgan fingerprint density at radius 2 is 1.91 bits per heavy atom. The number of alkyl carbamates (subject to hydrolysis) is 1. The van der Waals surface area contributed by atoms with Crippen LogP contribution < -0.4 is 5.32 Å². The van der Waals surface area contributed by atoms with E-state index in [1.54, 1.807) is 34.6 Å². The van der Waals surface area contributed by atoms with Crippen LogP contribution in [0, 0.1) is 28.6 Å². The lowest BCUT2D eigenvalue weighted by Gasteiger charge is -2.37.